The zero-order valence-corrected chi connectivity index (χ0v) is 16.0. The van der Waals surface area contributed by atoms with Gasteiger partial charge in [0.1, 0.15) is 5.01 Å². The Kier molecular flexibility index (Phi) is 4.60. The first kappa shape index (κ1) is 17.0. The quantitative estimate of drug-likeness (QED) is 0.660. The number of carbonyl (C=O) groups is 1. The van der Waals surface area contributed by atoms with E-state index in [1.54, 1.807) is 11.3 Å². The third kappa shape index (κ3) is 3.29. The Hall–Kier alpha value is -2.46. The van der Waals surface area contributed by atoms with E-state index >= 15 is 0 Å². The van der Waals surface area contributed by atoms with Gasteiger partial charge in [-0.25, -0.2) is 4.98 Å². The highest BCUT2D eigenvalue weighted by Crippen LogP contribution is 2.31. The van der Waals surface area contributed by atoms with Crippen LogP contribution in [0.5, 0.6) is 0 Å². The number of aryl methyl sites for hydroxylation is 3. The number of fused-ring (bicyclic) bond motifs is 1. The van der Waals surface area contributed by atoms with Crippen LogP contribution in [0.25, 0.3) is 10.6 Å². The number of hydrogen-bond acceptors (Lipinski definition) is 3. The molecule has 1 aromatic heterocycles. The van der Waals surface area contributed by atoms with Crippen LogP contribution in [0.4, 0.5) is 5.69 Å². The molecule has 132 valence electrons. The highest BCUT2D eigenvalue weighted by atomic mass is 32.1. The fourth-order valence-electron chi connectivity index (χ4n) is 3.65. The van der Waals surface area contributed by atoms with Crippen molar-refractivity contribution < 1.29 is 4.79 Å². The van der Waals surface area contributed by atoms with E-state index in [9.17, 15) is 4.79 Å². The lowest BCUT2D eigenvalue weighted by atomic mass is 9.98. The molecule has 2 aromatic carbocycles. The van der Waals surface area contributed by atoms with Crippen LogP contribution >= 0.6 is 11.3 Å². The van der Waals surface area contributed by atoms with Crippen molar-refractivity contribution in [1.29, 1.82) is 0 Å². The van der Waals surface area contributed by atoms with Gasteiger partial charge in [-0.15, -0.1) is 11.3 Å². The minimum absolute atomic E-state index is 0.140. The van der Waals surface area contributed by atoms with Crippen LogP contribution in [0.15, 0.2) is 47.8 Å². The fourth-order valence-corrected chi connectivity index (χ4v) is 4.46. The molecular weight excluding hydrogens is 340 g/mol. The number of amides is 1. The van der Waals surface area contributed by atoms with Crippen molar-refractivity contribution in [3.63, 3.8) is 0 Å². The summed E-state index contributed by atoms with van der Waals surface area (Å²) in [5, 5.41) is 2.99. The zero-order chi connectivity index (χ0) is 18.1. The highest BCUT2D eigenvalue weighted by Gasteiger charge is 2.24. The van der Waals surface area contributed by atoms with Gasteiger partial charge >= 0.3 is 0 Å². The molecule has 0 fully saturated rings. The second-order valence-electron chi connectivity index (χ2n) is 6.92. The van der Waals surface area contributed by atoms with Crippen LogP contribution < -0.4 is 4.90 Å². The summed E-state index contributed by atoms with van der Waals surface area (Å²) in [6.45, 7) is 4.96. The van der Waals surface area contributed by atoms with Gasteiger partial charge in [-0.1, -0.05) is 42.0 Å². The number of benzene rings is 2. The van der Waals surface area contributed by atoms with Gasteiger partial charge in [-0.05, 0) is 43.9 Å². The number of aromatic nitrogens is 1. The van der Waals surface area contributed by atoms with Gasteiger partial charge in [0.2, 0.25) is 5.91 Å². The summed E-state index contributed by atoms with van der Waals surface area (Å²) in [4.78, 5) is 19.6. The second-order valence-corrected chi connectivity index (χ2v) is 7.78. The number of rotatable bonds is 3. The summed E-state index contributed by atoms with van der Waals surface area (Å²) in [7, 11) is 0. The van der Waals surface area contributed by atoms with Crippen molar-refractivity contribution in [2.75, 3.05) is 11.4 Å². The molecule has 1 aliphatic rings. The van der Waals surface area contributed by atoms with E-state index < -0.39 is 0 Å². The summed E-state index contributed by atoms with van der Waals surface area (Å²) < 4.78 is 0. The number of para-hydroxylation sites is 1. The Morgan fingerprint density at radius 2 is 2.04 bits per heavy atom. The van der Waals surface area contributed by atoms with Crippen molar-refractivity contribution in [2.45, 2.75) is 33.1 Å². The van der Waals surface area contributed by atoms with Gasteiger partial charge in [0, 0.05) is 23.2 Å². The van der Waals surface area contributed by atoms with Gasteiger partial charge in [-0.2, -0.15) is 0 Å². The first-order valence-corrected chi connectivity index (χ1v) is 9.90. The van der Waals surface area contributed by atoms with Crippen LogP contribution in [0.3, 0.4) is 0 Å². The molecular formula is C22H22N2OS. The summed E-state index contributed by atoms with van der Waals surface area (Å²) in [5.41, 5.74) is 6.76. The molecule has 3 aromatic rings. The third-order valence-electron chi connectivity index (χ3n) is 4.87. The average molecular weight is 362 g/mol. The van der Waals surface area contributed by atoms with Gasteiger partial charge in [-0.3, -0.25) is 4.79 Å². The van der Waals surface area contributed by atoms with E-state index in [0.29, 0.717) is 6.42 Å². The molecule has 4 heteroatoms. The molecule has 4 rings (SSSR count). The van der Waals surface area contributed by atoms with Crippen LogP contribution in [-0.4, -0.2) is 17.4 Å². The first-order chi connectivity index (χ1) is 12.6. The number of anilines is 1. The average Bonchev–Trinajstić information content (AvgIpc) is 3.10. The van der Waals surface area contributed by atoms with Crippen LogP contribution in [0.2, 0.25) is 0 Å². The molecule has 0 radical (unpaired) electrons. The maximum absolute atomic E-state index is 13.0. The maximum Gasteiger partial charge on any atom is 0.233 e. The predicted molar refractivity (Wildman–Crippen MR) is 108 cm³/mol. The number of thiazole rings is 1. The molecule has 0 unspecified atom stereocenters. The van der Waals surface area contributed by atoms with E-state index in [1.165, 1.54) is 16.7 Å². The molecule has 2 heterocycles. The Morgan fingerprint density at radius 1 is 1.19 bits per heavy atom. The number of hydrogen-bond donors (Lipinski definition) is 0. The van der Waals surface area contributed by atoms with Crippen molar-refractivity contribution in [1.82, 2.24) is 4.98 Å². The van der Waals surface area contributed by atoms with Crippen LogP contribution in [0, 0.1) is 13.8 Å². The standard InChI is InChI=1S/C22H22N2OS/c1-15-6-3-9-18(12-15)22-23-19(14-26-22)13-20(25)24-11-5-10-17-8-4-7-16(2)21(17)24/h3-4,6-9,12,14H,5,10-11,13H2,1-2H3. The van der Waals surface area contributed by atoms with E-state index in [2.05, 4.69) is 50.2 Å². The fraction of sp³-hybridized carbons (Fsp3) is 0.273. The largest absolute Gasteiger partial charge is 0.312 e. The van der Waals surface area contributed by atoms with Gasteiger partial charge in [0.25, 0.3) is 0 Å². The van der Waals surface area contributed by atoms with Gasteiger partial charge in [0.05, 0.1) is 12.1 Å². The summed E-state index contributed by atoms with van der Waals surface area (Å²) >= 11 is 1.61. The van der Waals surface area contributed by atoms with Gasteiger partial charge < -0.3 is 4.90 Å². The number of carbonyl (C=O) groups excluding carboxylic acids is 1. The Labute approximate surface area is 158 Å². The molecule has 1 aliphatic heterocycles. The molecule has 0 spiro atoms. The van der Waals surface area contributed by atoms with Crippen molar-refractivity contribution >= 4 is 22.9 Å². The van der Waals surface area contributed by atoms with Crippen molar-refractivity contribution in [3.05, 3.63) is 70.2 Å². The molecule has 0 saturated carbocycles. The van der Waals surface area contributed by atoms with Crippen LogP contribution in [-0.2, 0) is 17.6 Å². The molecule has 26 heavy (non-hydrogen) atoms. The summed E-state index contributed by atoms with van der Waals surface area (Å²) in [5.74, 6) is 0.140. The van der Waals surface area contributed by atoms with E-state index in [4.69, 9.17) is 4.98 Å². The third-order valence-corrected chi connectivity index (χ3v) is 5.81. The molecule has 0 atom stereocenters. The summed E-state index contributed by atoms with van der Waals surface area (Å²) in [6, 6.07) is 14.6. The van der Waals surface area contributed by atoms with Crippen molar-refractivity contribution in [3.8, 4) is 10.6 Å². The first-order valence-electron chi connectivity index (χ1n) is 9.02. The Morgan fingerprint density at radius 3 is 2.88 bits per heavy atom. The lowest BCUT2D eigenvalue weighted by molar-refractivity contribution is -0.118. The van der Waals surface area contributed by atoms with E-state index in [1.807, 2.05) is 16.3 Å². The molecule has 0 N–H and O–H groups in total. The monoisotopic (exact) mass is 362 g/mol. The Bertz CT molecular complexity index is 960. The SMILES string of the molecule is Cc1cccc(-c2nc(CC(=O)N3CCCc4cccc(C)c43)cs2)c1. The van der Waals surface area contributed by atoms with Crippen LogP contribution in [0.1, 0.15) is 28.8 Å². The second kappa shape index (κ2) is 7.04. The highest BCUT2D eigenvalue weighted by molar-refractivity contribution is 7.13. The van der Waals surface area contributed by atoms with E-state index in [-0.39, 0.29) is 5.91 Å². The van der Waals surface area contributed by atoms with E-state index in [0.717, 1.165) is 41.3 Å². The normalized spacial score (nSPS) is 13.5. The molecule has 0 aliphatic carbocycles. The smallest absolute Gasteiger partial charge is 0.233 e. The molecule has 3 nitrogen and oxygen atoms in total. The lowest BCUT2D eigenvalue weighted by Crippen LogP contribution is -2.37. The minimum atomic E-state index is 0.140. The topological polar surface area (TPSA) is 33.2 Å². The molecule has 0 bridgehead atoms. The maximum atomic E-state index is 13.0. The summed E-state index contributed by atoms with van der Waals surface area (Å²) in [6.07, 6.45) is 2.43. The zero-order valence-electron chi connectivity index (χ0n) is 15.2. The van der Waals surface area contributed by atoms with Crippen molar-refractivity contribution in [2.24, 2.45) is 0 Å². The number of nitrogens with zero attached hydrogens (tertiary/aromatic N) is 2. The van der Waals surface area contributed by atoms with Gasteiger partial charge in [0.15, 0.2) is 0 Å². The minimum Gasteiger partial charge on any atom is -0.312 e. The molecule has 0 saturated heterocycles. The Balaban J connectivity index is 1.55. The lowest BCUT2D eigenvalue weighted by Gasteiger charge is -2.31. The molecule has 1 amide bonds. The predicted octanol–water partition coefficient (Wildman–Crippen LogP) is 4.95.